The van der Waals surface area contributed by atoms with Crippen LogP contribution in [0.25, 0.3) is 10.9 Å². The largest absolute Gasteiger partial charge is 0.508 e. The number of hydrogen-bond donors (Lipinski definition) is 2. The molecule has 0 radical (unpaired) electrons. The van der Waals surface area contributed by atoms with Gasteiger partial charge in [-0.1, -0.05) is 5.92 Å². The molecule has 4 nitrogen and oxygen atoms in total. The van der Waals surface area contributed by atoms with Crippen molar-refractivity contribution in [2.45, 2.75) is 6.54 Å². The molecule has 78 valence electrons. The highest BCUT2D eigenvalue weighted by Gasteiger charge is 2.14. The number of aromatic hydroxyl groups is 1. The third kappa shape index (κ3) is 1.25. The van der Waals surface area contributed by atoms with E-state index in [-0.39, 0.29) is 5.75 Å². The Morgan fingerprint density at radius 1 is 1.50 bits per heavy atom. The summed E-state index contributed by atoms with van der Waals surface area (Å²) in [4.78, 5) is 0. The maximum atomic E-state index is 9.38. The zero-order valence-corrected chi connectivity index (χ0v) is 8.44. The highest BCUT2D eigenvalue weighted by Crippen LogP contribution is 2.30. The van der Waals surface area contributed by atoms with E-state index >= 15 is 0 Å². The highest BCUT2D eigenvalue weighted by molar-refractivity contribution is 5.93. The van der Waals surface area contributed by atoms with Gasteiger partial charge in [-0.3, -0.25) is 0 Å². The molecular weight excluding hydrogens is 202 g/mol. The number of anilines is 1. The second-order valence-electron chi connectivity index (χ2n) is 3.36. The molecule has 1 aromatic heterocycles. The number of rotatable bonds is 1. The third-order valence-corrected chi connectivity index (χ3v) is 2.45. The van der Waals surface area contributed by atoms with Gasteiger partial charge in [-0.25, -0.2) is 0 Å². The van der Waals surface area contributed by atoms with Gasteiger partial charge in [0.05, 0.1) is 12.1 Å². The molecule has 0 fully saturated rings. The molecule has 4 heteroatoms. The van der Waals surface area contributed by atoms with Gasteiger partial charge in [0.15, 0.2) is 0 Å². The number of phenols is 1. The lowest BCUT2D eigenvalue weighted by atomic mass is 10.2. The van der Waals surface area contributed by atoms with Gasteiger partial charge >= 0.3 is 0 Å². The molecule has 0 saturated carbocycles. The van der Waals surface area contributed by atoms with E-state index in [1.807, 2.05) is 6.07 Å². The summed E-state index contributed by atoms with van der Waals surface area (Å²) in [6.07, 6.45) is 5.24. The summed E-state index contributed by atoms with van der Waals surface area (Å²) < 4.78 is 1.67. The molecule has 3 N–H and O–H groups in total. The Balaban J connectivity index is 2.88. The molecule has 0 aliphatic carbocycles. The van der Waals surface area contributed by atoms with Crippen molar-refractivity contribution in [1.82, 2.24) is 4.57 Å². The Morgan fingerprint density at radius 2 is 2.25 bits per heavy atom. The van der Waals surface area contributed by atoms with Crippen LogP contribution in [-0.4, -0.2) is 9.67 Å². The van der Waals surface area contributed by atoms with Crippen molar-refractivity contribution >= 4 is 16.7 Å². The van der Waals surface area contributed by atoms with Crippen molar-refractivity contribution in [3.8, 4) is 24.2 Å². The number of nitrogen functional groups attached to an aromatic ring is 1. The van der Waals surface area contributed by atoms with Crippen molar-refractivity contribution in [3.63, 3.8) is 0 Å². The monoisotopic (exact) mass is 211 g/mol. The molecule has 2 aromatic rings. The minimum absolute atomic E-state index is 0.0989. The fourth-order valence-electron chi connectivity index (χ4n) is 1.74. The smallest absolute Gasteiger partial charge is 0.123 e. The first-order valence-electron chi connectivity index (χ1n) is 4.63. The topological polar surface area (TPSA) is 75.0 Å². The van der Waals surface area contributed by atoms with Crippen molar-refractivity contribution in [2.24, 2.45) is 0 Å². The zero-order valence-electron chi connectivity index (χ0n) is 8.44. The van der Waals surface area contributed by atoms with Gasteiger partial charge in [-0.15, -0.1) is 6.42 Å². The predicted molar refractivity (Wildman–Crippen MR) is 61.6 cm³/mol. The van der Waals surface area contributed by atoms with E-state index in [1.54, 1.807) is 10.6 Å². The van der Waals surface area contributed by atoms with Crippen LogP contribution in [0.1, 0.15) is 5.56 Å². The molecule has 16 heavy (non-hydrogen) atoms. The second kappa shape index (κ2) is 3.52. The lowest BCUT2D eigenvalue weighted by Gasteiger charge is -2.02. The predicted octanol–water partition coefficient (Wildman–Crippen LogP) is 1.43. The van der Waals surface area contributed by atoms with Gasteiger partial charge in [0.25, 0.3) is 0 Å². The molecule has 0 amide bonds. The van der Waals surface area contributed by atoms with Crippen LogP contribution < -0.4 is 5.73 Å². The molecule has 0 spiro atoms. The number of aromatic nitrogens is 1. The highest BCUT2D eigenvalue weighted by atomic mass is 16.3. The normalized spacial score (nSPS) is 9.88. The summed E-state index contributed by atoms with van der Waals surface area (Å²) in [7, 11) is 0. The summed E-state index contributed by atoms with van der Waals surface area (Å²) >= 11 is 0. The van der Waals surface area contributed by atoms with Crippen molar-refractivity contribution < 1.29 is 5.11 Å². The van der Waals surface area contributed by atoms with Crippen LogP contribution in [0.5, 0.6) is 5.75 Å². The number of nitrogens with two attached hydrogens (primary N) is 1. The Morgan fingerprint density at radius 3 is 2.88 bits per heavy atom. The van der Waals surface area contributed by atoms with E-state index in [0.717, 1.165) is 5.52 Å². The summed E-state index contributed by atoms with van der Waals surface area (Å²) in [6, 6.07) is 6.76. The average Bonchev–Trinajstić information content (AvgIpc) is 2.52. The number of nitrogens with zero attached hydrogens (tertiary/aromatic N) is 2. The maximum absolute atomic E-state index is 9.38. The lowest BCUT2D eigenvalue weighted by Crippen LogP contribution is -2.01. The fraction of sp³-hybridized carbons (Fsp3) is 0.0833. The van der Waals surface area contributed by atoms with Crippen LogP contribution in [0.3, 0.4) is 0 Å². The van der Waals surface area contributed by atoms with Gasteiger partial charge in [-0.05, 0) is 18.2 Å². The van der Waals surface area contributed by atoms with Crippen LogP contribution >= 0.6 is 0 Å². The van der Waals surface area contributed by atoms with E-state index < -0.39 is 0 Å². The number of hydrogen-bond acceptors (Lipinski definition) is 3. The Bertz CT molecular complexity index is 641. The van der Waals surface area contributed by atoms with E-state index in [0.29, 0.717) is 23.3 Å². The first kappa shape index (κ1) is 9.95. The molecule has 0 aliphatic rings. The van der Waals surface area contributed by atoms with E-state index in [1.165, 1.54) is 12.1 Å². The standard InChI is InChI=1S/C12H9N3O/c1-2-5-15-11-4-3-8(16)6-9(11)10(7-13)12(15)14/h1,3-4,6,16H,5,14H2. The number of nitriles is 1. The van der Waals surface area contributed by atoms with E-state index in [2.05, 4.69) is 5.92 Å². The molecular formula is C12H9N3O. The Hall–Kier alpha value is -2.59. The van der Waals surface area contributed by atoms with E-state index in [9.17, 15) is 5.11 Å². The van der Waals surface area contributed by atoms with Crippen LogP contribution in [-0.2, 0) is 6.54 Å². The van der Waals surface area contributed by atoms with Crippen molar-refractivity contribution in [1.29, 1.82) is 5.26 Å². The van der Waals surface area contributed by atoms with Crippen LogP contribution in [0.2, 0.25) is 0 Å². The van der Waals surface area contributed by atoms with Crippen molar-refractivity contribution in [2.75, 3.05) is 5.73 Å². The average molecular weight is 211 g/mol. The molecule has 0 bridgehead atoms. The SMILES string of the molecule is C#CCn1c(N)c(C#N)c2cc(O)ccc21. The summed E-state index contributed by atoms with van der Waals surface area (Å²) in [5, 5.41) is 19.0. The first-order chi connectivity index (χ1) is 7.69. The third-order valence-electron chi connectivity index (χ3n) is 2.45. The summed E-state index contributed by atoms with van der Waals surface area (Å²) in [6.45, 7) is 0.300. The van der Waals surface area contributed by atoms with Gasteiger partial charge in [0.2, 0.25) is 0 Å². The molecule has 0 aliphatic heterocycles. The number of fused-ring (bicyclic) bond motifs is 1. The quantitative estimate of drug-likeness (QED) is 0.701. The van der Waals surface area contributed by atoms with Crippen LogP contribution in [0.4, 0.5) is 5.82 Å². The molecule has 0 atom stereocenters. The number of phenolic OH excluding ortho intramolecular Hbond substituents is 1. The Labute approximate surface area is 92.5 Å². The van der Waals surface area contributed by atoms with Gasteiger partial charge in [-0.2, -0.15) is 5.26 Å². The molecule has 1 aromatic carbocycles. The minimum atomic E-state index is 0.0989. The fourth-order valence-corrected chi connectivity index (χ4v) is 1.74. The number of benzene rings is 1. The molecule has 1 heterocycles. The summed E-state index contributed by atoms with van der Waals surface area (Å²) in [5.74, 6) is 2.91. The molecule has 2 rings (SSSR count). The summed E-state index contributed by atoms with van der Waals surface area (Å²) in [5.41, 5.74) is 6.93. The molecule has 0 unspecified atom stereocenters. The Kier molecular flexibility index (Phi) is 2.19. The minimum Gasteiger partial charge on any atom is -0.508 e. The van der Waals surface area contributed by atoms with Gasteiger partial charge < -0.3 is 15.4 Å². The lowest BCUT2D eigenvalue weighted by molar-refractivity contribution is 0.476. The maximum Gasteiger partial charge on any atom is 0.123 e. The zero-order chi connectivity index (χ0) is 11.7. The molecule has 0 saturated heterocycles. The number of terminal acetylenes is 1. The van der Waals surface area contributed by atoms with Crippen molar-refractivity contribution in [3.05, 3.63) is 23.8 Å². The van der Waals surface area contributed by atoms with Gasteiger partial charge in [0.1, 0.15) is 23.2 Å². The van der Waals surface area contributed by atoms with Crippen LogP contribution in [0, 0.1) is 23.7 Å². The van der Waals surface area contributed by atoms with Crippen LogP contribution in [0.15, 0.2) is 18.2 Å². The first-order valence-corrected chi connectivity index (χ1v) is 4.63. The second-order valence-corrected chi connectivity index (χ2v) is 3.36. The van der Waals surface area contributed by atoms with E-state index in [4.69, 9.17) is 17.4 Å². The van der Waals surface area contributed by atoms with Gasteiger partial charge in [0, 0.05) is 5.39 Å².